The van der Waals surface area contributed by atoms with Crippen molar-refractivity contribution in [3.8, 4) is 0 Å². The van der Waals surface area contributed by atoms with Crippen molar-refractivity contribution in [2.24, 2.45) is 0 Å². The fourth-order valence-electron chi connectivity index (χ4n) is 1.80. The fraction of sp³-hybridized carbons (Fsp3) is 0.417. The van der Waals surface area contributed by atoms with Crippen molar-refractivity contribution in [2.45, 2.75) is 30.4 Å². The minimum Gasteiger partial charge on any atom is -0.458 e. The van der Waals surface area contributed by atoms with Crippen molar-refractivity contribution in [3.05, 3.63) is 35.9 Å². The molecule has 1 aromatic carbocycles. The molecule has 86 valence electrons. The highest BCUT2D eigenvalue weighted by Crippen LogP contribution is 2.24. The minimum absolute atomic E-state index is 0.477. The highest BCUT2D eigenvalue weighted by Gasteiger charge is 2.41. The first-order valence-electron chi connectivity index (χ1n) is 5.25. The van der Waals surface area contributed by atoms with Gasteiger partial charge in [0.15, 0.2) is 5.38 Å². The average Bonchev–Trinajstić information content (AvgIpc) is 2.56. The maximum absolute atomic E-state index is 11.1. The van der Waals surface area contributed by atoms with E-state index in [-0.39, 0.29) is 0 Å². The Morgan fingerprint density at radius 3 is 2.56 bits per heavy atom. The summed E-state index contributed by atoms with van der Waals surface area (Å²) in [5.74, 6) is -0.521. The van der Waals surface area contributed by atoms with Gasteiger partial charge in [-0.05, 0) is 18.4 Å². The monoisotopic (exact) mass is 240 g/mol. The Labute approximate surface area is 99.0 Å². The van der Waals surface area contributed by atoms with Crippen LogP contribution in [0.5, 0.6) is 0 Å². The molecule has 1 aliphatic heterocycles. The van der Waals surface area contributed by atoms with Crippen molar-refractivity contribution in [3.63, 3.8) is 0 Å². The molecular formula is C12H13ClO3. The van der Waals surface area contributed by atoms with Gasteiger partial charge in [0.25, 0.3) is 0 Å². The number of aliphatic hydroxyl groups is 1. The number of hydrogen-bond donors (Lipinski definition) is 1. The quantitative estimate of drug-likeness (QED) is 0.644. The number of aliphatic hydroxyl groups excluding tert-OH is 1. The molecule has 2 rings (SSSR count). The first-order valence-corrected chi connectivity index (χ1v) is 5.68. The number of aryl methyl sites for hydroxylation is 1. The summed E-state index contributed by atoms with van der Waals surface area (Å²) in [6, 6.07) is 9.86. The van der Waals surface area contributed by atoms with Gasteiger partial charge in [-0.3, -0.25) is 4.79 Å². The molecular weight excluding hydrogens is 228 g/mol. The molecule has 16 heavy (non-hydrogen) atoms. The lowest BCUT2D eigenvalue weighted by Crippen LogP contribution is -2.27. The van der Waals surface area contributed by atoms with Crippen LogP contribution in [0.15, 0.2) is 30.3 Å². The number of alkyl halides is 1. The molecule has 3 nitrogen and oxygen atoms in total. The van der Waals surface area contributed by atoms with Gasteiger partial charge in [0.05, 0.1) is 0 Å². The highest BCUT2D eigenvalue weighted by molar-refractivity contribution is 6.31. The molecule has 0 saturated carbocycles. The Bertz CT molecular complexity index is 366. The lowest BCUT2D eigenvalue weighted by Gasteiger charge is -2.12. The molecule has 1 aliphatic rings. The van der Waals surface area contributed by atoms with E-state index >= 15 is 0 Å². The van der Waals surface area contributed by atoms with E-state index in [1.807, 2.05) is 30.3 Å². The van der Waals surface area contributed by atoms with Crippen LogP contribution in [0.4, 0.5) is 0 Å². The zero-order valence-corrected chi connectivity index (χ0v) is 9.43. The predicted octanol–water partition coefficient (Wildman–Crippen LogP) is 1.51. The first kappa shape index (κ1) is 11.4. The molecule has 0 bridgehead atoms. The van der Waals surface area contributed by atoms with Crippen LogP contribution in [0, 0.1) is 0 Å². The van der Waals surface area contributed by atoms with Gasteiger partial charge in [-0.25, -0.2) is 0 Å². The Morgan fingerprint density at radius 2 is 2.00 bits per heavy atom. The number of cyclic esters (lactones) is 1. The van der Waals surface area contributed by atoms with Crippen LogP contribution in [0.2, 0.25) is 0 Å². The van der Waals surface area contributed by atoms with Crippen LogP contribution in [0.1, 0.15) is 12.0 Å². The molecule has 1 fully saturated rings. The molecule has 0 aliphatic carbocycles. The third kappa shape index (κ3) is 2.36. The number of carbonyl (C=O) groups is 1. The third-order valence-electron chi connectivity index (χ3n) is 2.73. The summed E-state index contributed by atoms with van der Waals surface area (Å²) >= 11 is 5.67. The molecule has 1 aromatic rings. The largest absolute Gasteiger partial charge is 0.458 e. The summed E-state index contributed by atoms with van der Waals surface area (Å²) in [6.45, 7) is 0. The molecule has 0 radical (unpaired) electrons. The SMILES string of the molecule is O=C1O[C@H](CCc2ccccc2)[C@H](O)[C@@H]1Cl. The van der Waals surface area contributed by atoms with Crippen LogP contribution in [-0.4, -0.2) is 28.7 Å². The number of halogens is 1. The molecule has 0 aromatic heterocycles. The Kier molecular flexibility index (Phi) is 3.46. The zero-order chi connectivity index (χ0) is 11.5. The normalized spacial score (nSPS) is 29.1. The molecule has 1 N–H and O–H groups in total. The average molecular weight is 241 g/mol. The third-order valence-corrected chi connectivity index (χ3v) is 3.17. The van der Waals surface area contributed by atoms with E-state index in [1.165, 1.54) is 0 Å². The Hall–Kier alpha value is -1.06. The van der Waals surface area contributed by atoms with Gasteiger partial charge in [-0.15, -0.1) is 11.6 Å². The predicted molar refractivity (Wildman–Crippen MR) is 60.3 cm³/mol. The van der Waals surface area contributed by atoms with Gasteiger partial charge in [0.2, 0.25) is 0 Å². The van der Waals surface area contributed by atoms with Gasteiger partial charge < -0.3 is 9.84 Å². The molecule has 4 heteroatoms. The standard InChI is InChI=1S/C12H13ClO3/c13-10-11(14)9(16-12(10)15)7-6-8-4-2-1-3-5-8/h1-5,9-11,14H,6-7H2/t9-,10+,11+/m1/s1. The van der Waals surface area contributed by atoms with Crippen molar-refractivity contribution >= 4 is 17.6 Å². The van der Waals surface area contributed by atoms with Crippen LogP contribution in [0.25, 0.3) is 0 Å². The van der Waals surface area contributed by atoms with E-state index < -0.39 is 23.6 Å². The van der Waals surface area contributed by atoms with E-state index in [0.717, 1.165) is 12.0 Å². The summed E-state index contributed by atoms with van der Waals surface area (Å²) in [6.07, 6.45) is -0.00680. The molecule has 0 unspecified atom stereocenters. The van der Waals surface area contributed by atoms with Crippen LogP contribution in [0.3, 0.4) is 0 Å². The van der Waals surface area contributed by atoms with E-state index in [0.29, 0.717) is 6.42 Å². The molecule has 1 saturated heterocycles. The Morgan fingerprint density at radius 1 is 1.31 bits per heavy atom. The molecule has 0 spiro atoms. The van der Waals surface area contributed by atoms with Gasteiger partial charge in [0, 0.05) is 0 Å². The number of esters is 1. The maximum Gasteiger partial charge on any atom is 0.327 e. The summed E-state index contributed by atoms with van der Waals surface area (Å²) in [5, 5.41) is 8.71. The topological polar surface area (TPSA) is 46.5 Å². The second kappa shape index (κ2) is 4.85. The maximum atomic E-state index is 11.1. The van der Waals surface area contributed by atoms with Crippen molar-refractivity contribution in [1.29, 1.82) is 0 Å². The van der Waals surface area contributed by atoms with E-state index in [9.17, 15) is 9.90 Å². The van der Waals surface area contributed by atoms with Gasteiger partial charge in [-0.2, -0.15) is 0 Å². The number of rotatable bonds is 3. The number of ether oxygens (including phenoxy) is 1. The van der Waals surface area contributed by atoms with E-state index in [1.54, 1.807) is 0 Å². The number of hydrogen-bond acceptors (Lipinski definition) is 3. The van der Waals surface area contributed by atoms with Crippen LogP contribution >= 0.6 is 11.6 Å². The second-order valence-electron chi connectivity index (χ2n) is 3.89. The number of carbonyl (C=O) groups excluding carboxylic acids is 1. The Balaban J connectivity index is 1.90. The smallest absolute Gasteiger partial charge is 0.327 e. The number of benzene rings is 1. The first-order chi connectivity index (χ1) is 7.68. The summed E-state index contributed by atoms with van der Waals surface area (Å²) < 4.78 is 4.99. The van der Waals surface area contributed by atoms with Crippen LogP contribution < -0.4 is 0 Å². The van der Waals surface area contributed by atoms with Gasteiger partial charge >= 0.3 is 5.97 Å². The van der Waals surface area contributed by atoms with Gasteiger partial charge in [-0.1, -0.05) is 30.3 Å². The van der Waals surface area contributed by atoms with Crippen molar-refractivity contribution in [1.82, 2.24) is 0 Å². The lowest BCUT2D eigenvalue weighted by atomic mass is 10.0. The summed E-state index contributed by atoms with van der Waals surface area (Å²) in [4.78, 5) is 11.1. The molecule has 0 amide bonds. The summed E-state index contributed by atoms with van der Waals surface area (Å²) in [7, 11) is 0. The fourth-order valence-corrected chi connectivity index (χ4v) is 2.01. The lowest BCUT2D eigenvalue weighted by molar-refractivity contribution is -0.141. The van der Waals surface area contributed by atoms with E-state index in [4.69, 9.17) is 16.3 Å². The van der Waals surface area contributed by atoms with Crippen molar-refractivity contribution < 1.29 is 14.6 Å². The summed E-state index contributed by atoms with van der Waals surface area (Å²) in [5.41, 5.74) is 1.16. The molecule has 3 atom stereocenters. The zero-order valence-electron chi connectivity index (χ0n) is 8.67. The van der Waals surface area contributed by atoms with Gasteiger partial charge in [0.1, 0.15) is 12.2 Å². The van der Waals surface area contributed by atoms with Crippen molar-refractivity contribution in [2.75, 3.05) is 0 Å². The molecule has 1 heterocycles. The highest BCUT2D eigenvalue weighted by atomic mass is 35.5. The van der Waals surface area contributed by atoms with Crippen LogP contribution in [-0.2, 0) is 16.0 Å². The second-order valence-corrected chi connectivity index (χ2v) is 4.36. The van der Waals surface area contributed by atoms with E-state index in [2.05, 4.69) is 0 Å². The minimum atomic E-state index is -0.916.